The molecule has 0 radical (unpaired) electrons. The van der Waals surface area contributed by atoms with Crippen molar-refractivity contribution in [2.45, 2.75) is 17.7 Å². The molecule has 0 atom stereocenters. The molecule has 2 amide bonds. The number of thiophene rings is 1. The van der Waals surface area contributed by atoms with Gasteiger partial charge in [-0.25, -0.2) is 8.42 Å². The van der Waals surface area contributed by atoms with Crippen molar-refractivity contribution in [1.82, 2.24) is 9.88 Å². The van der Waals surface area contributed by atoms with E-state index in [1.54, 1.807) is 18.3 Å². The number of hydrogen-bond donors (Lipinski definition) is 1. The molecule has 1 N–H and O–H groups in total. The minimum absolute atomic E-state index is 0.0252. The van der Waals surface area contributed by atoms with Crippen molar-refractivity contribution in [3.8, 4) is 11.3 Å². The van der Waals surface area contributed by atoms with Crippen LogP contribution in [-0.2, 0) is 21.1 Å². The Morgan fingerprint density at radius 1 is 1.22 bits per heavy atom. The van der Waals surface area contributed by atoms with Crippen molar-refractivity contribution < 1.29 is 18.0 Å². The van der Waals surface area contributed by atoms with Crippen molar-refractivity contribution in [1.29, 1.82) is 0 Å². The van der Waals surface area contributed by atoms with Crippen LogP contribution in [0.1, 0.15) is 21.7 Å². The summed E-state index contributed by atoms with van der Waals surface area (Å²) in [6.07, 6.45) is 4.03. The smallest absolute Gasteiger partial charge is 0.265 e. The maximum absolute atomic E-state index is 12.8. The number of pyridine rings is 1. The summed E-state index contributed by atoms with van der Waals surface area (Å²) in [7, 11) is -3.47. The maximum Gasteiger partial charge on any atom is 0.265 e. The quantitative estimate of drug-likeness (QED) is 0.566. The number of halogens is 1. The van der Waals surface area contributed by atoms with E-state index in [-0.39, 0.29) is 27.9 Å². The van der Waals surface area contributed by atoms with Crippen LogP contribution >= 0.6 is 22.9 Å². The third-order valence-electron chi connectivity index (χ3n) is 5.10. The molecule has 0 spiro atoms. The highest BCUT2D eigenvalue weighted by molar-refractivity contribution is 7.90. The van der Waals surface area contributed by atoms with Crippen molar-refractivity contribution in [3.63, 3.8) is 0 Å². The predicted octanol–water partition coefficient (Wildman–Crippen LogP) is 3.89. The van der Waals surface area contributed by atoms with Crippen LogP contribution in [0.25, 0.3) is 11.3 Å². The second-order valence-corrected chi connectivity index (χ2v) is 10.9. The fourth-order valence-electron chi connectivity index (χ4n) is 3.30. The molecule has 1 fully saturated rings. The largest absolute Gasteiger partial charge is 0.342 e. The number of aromatic nitrogens is 1. The zero-order valence-electron chi connectivity index (χ0n) is 17.2. The third kappa shape index (κ3) is 5.01. The molecule has 1 aromatic carbocycles. The standard InChI is InChI=1S/C22H20ClN3O4S2/c1-32(29,30)18-11-16(23)10-17(12-18)25-22(28)19-8-15(13-31-19)21-14(4-2-5-24-21)9-20(27)26-6-3-7-26/h2,4-5,8,10-13H,3,6-7,9H2,1H3,(H,25,28). The first kappa shape index (κ1) is 22.4. The molecule has 0 unspecified atom stereocenters. The van der Waals surface area contributed by atoms with Gasteiger partial charge in [-0.05, 0) is 42.3 Å². The fraction of sp³-hybridized carbons (Fsp3) is 0.227. The first-order valence-corrected chi connectivity index (χ1v) is 13.0. The molecule has 1 aliphatic rings. The molecule has 0 bridgehead atoms. The van der Waals surface area contributed by atoms with Crippen molar-refractivity contribution in [2.75, 3.05) is 24.7 Å². The van der Waals surface area contributed by atoms with Crippen LogP contribution in [-0.4, -0.2) is 49.5 Å². The summed E-state index contributed by atoms with van der Waals surface area (Å²) in [4.78, 5) is 31.9. The molecular formula is C22H20ClN3O4S2. The lowest BCUT2D eigenvalue weighted by Gasteiger charge is -2.31. The predicted molar refractivity (Wildman–Crippen MR) is 125 cm³/mol. The first-order valence-electron chi connectivity index (χ1n) is 9.83. The molecule has 7 nitrogen and oxygen atoms in total. The Balaban J connectivity index is 1.54. The van der Waals surface area contributed by atoms with Gasteiger partial charge >= 0.3 is 0 Å². The minimum atomic E-state index is -3.47. The van der Waals surface area contributed by atoms with E-state index in [2.05, 4.69) is 10.3 Å². The number of anilines is 1. The summed E-state index contributed by atoms with van der Waals surface area (Å²) in [6.45, 7) is 1.59. The molecule has 1 aliphatic heterocycles. The molecule has 10 heteroatoms. The van der Waals surface area contributed by atoms with E-state index in [1.807, 2.05) is 16.3 Å². The minimum Gasteiger partial charge on any atom is -0.342 e. The number of nitrogens with zero attached hydrogens (tertiary/aromatic N) is 2. The van der Waals surface area contributed by atoms with Gasteiger partial charge in [0.2, 0.25) is 5.91 Å². The van der Waals surface area contributed by atoms with Gasteiger partial charge in [0.15, 0.2) is 9.84 Å². The fourth-order valence-corrected chi connectivity index (χ4v) is 5.07. The molecular weight excluding hydrogens is 470 g/mol. The van der Waals surface area contributed by atoms with E-state index in [4.69, 9.17) is 11.6 Å². The third-order valence-corrected chi connectivity index (χ3v) is 7.33. The van der Waals surface area contributed by atoms with Gasteiger partial charge in [-0.2, -0.15) is 0 Å². The number of rotatable bonds is 6. The van der Waals surface area contributed by atoms with Crippen molar-refractivity contribution in [2.24, 2.45) is 0 Å². The van der Waals surface area contributed by atoms with E-state index in [1.165, 1.54) is 29.5 Å². The second-order valence-electron chi connectivity index (χ2n) is 7.52. The van der Waals surface area contributed by atoms with Crippen LogP contribution < -0.4 is 5.32 Å². The van der Waals surface area contributed by atoms with E-state index >= 15 is 0 Å². The number of likely N-dealkylation sites (tertiary alicyclic amines) is 1. The maximum atomic E-state index is 12.8. The Kier molecular flexibility index (Phi) is 6.32. The normalized spacial score (nSPS) is 13.5. The Morgan fingerprint density at radius 3 is 2.69 bits per heavy atom. The van der Waals surface area contributed by atoms with E-state index in [0.717, 1.165) is 36.9 Å². The average Bonchev–Trinajstić information content (AvgIpc) is 3.16. The number of hydrogen-bond acceptors (Lipinski definition) is 6. The summed E-state index contributed by atoms with van der Waals surface area (Å²) < 4.78 is 23.6. The van der Waals surface area contributed by atoms with E-state index in [9.17, 15) is 18.0 Å². The van der Waals surface area contributed by atoms with Crippen LogP contribution in [0.2, 0.25) is 5.02 Å². The summed E-state index contributed by atoms with van der Waals surface area (Å²) in [5.41, 5.74) is 2.51. The molecule has 0 saturated carbocycles. The molecule has 166 valence electrons. The summed E-state index contributed by atoms with van der Waals surface area (Å²) >= 11 is 7.25. The molecule has 4 rings (SSSR count). The summed E-state index contributed by atoms with van der Waals surface area (Å²) in [5.74, 6) is -0.321. The van der Waals surface area contributed by atoms with Crippen LogP contribution in [0, 0.1) is 0 Å². The van der Waals surface area contributed by atoms with Gasteiger partial charge in [0.05, 0.1) is 21.9 Å². The zero-order chi connectivity index (χ0) is 22.9. The van der Waals surface area contributed by atoms with Gasteiger partial charge in [0.1, 0.15) is 0 Å². The van der Waals surface area contributed by atoms with E-state index in [0.29, 0.717) is 10.6 Å². The molecule has 0 aliphatic carbocycles. The van der Waals surface area contributed by atoms with Gasteiger partial charge in [-0.1, -0.05) is 17.7 Å². The molecule has 32 heavy (non-hydrogen) atoms. The molecule has 3 aromatic rings. The highest BCUT2D eigenvalue weighted by Gasteiger charge is 2.22. The number of benzene rings is 1. The highest BCUT2D eigenvalue weighted by atomic mass is 35.5. The van der Waals surface area contributed by atoms with Crippen LogP contribution in [0.4, 0.5) is 5.69 Å². The monoisotopic (exact) mass is 489 g/mol. The van der Waals surface area contributed by atoms with Crippen molar-refractivity contribution in [3.05, 3.63) is 63.4 Å². The number of amides is 2. The topological polar surface area (TPSA) is 96.4 Å². The van der Waals surface area contributed by atoms with Gasteiger partial charge in [-0.15, -0.1) is 11.3 Å². The number of carbonyl (C=O) groups excluding carboxylic acids is 2. The first-order chi connectivity index (χ1) is 15.2. The lowest BCUT2D eigenvalue weighted by atomic mass is 10.0. The van der Waals surface area contributed by atoms with Crippen molar-refractivity contribution >= 4 is 50.3 Å². The lowest BCUT2D eigenvalue weighted by Crippen LogP contribution is -2.42. The Labute approximate surface area is 195 Å². The molecule has 3 heterocycles. The number of carbonyl (C=O) groups is 2. The second kappa shape index (κ2) is 9.01. The average molecular weight is 490 g/mol. The van der Waals surface area contributed by atoms with Crippen LogP contribution in [0.5, 0.6) is 0 Å². The number of sulfone groups is 1. The summed E-state index contributed by atoms with van der Waals surface area (Å²) in [6, 6.07) is 9.56. The lowest BCUT2D eigenvalue weighted by molar-refractivity contribution is -0.133. The Morgan fingerprint density at radius 2 is 2.00 bits per heavy atom. The Hall–Kier alpha value is -2.75. The SMILES string of the molecule is CS(=O)(=O)c1cc(Cl)cc(NC(=O)c2cc(-c3ncccc3CC(=O)N3CCC3)cs2)c1. The Bertz CT molecular complexity index is 1300. The van der Waals surface area contributed by atoms with Gasteiger partial charge in [-0.3, -0.25) is 14.6 Å². The molecule has 2 aromatic heterocycles. The van der Waals surface area contributed by atoms with Gasteiger partial charge in [0.25, 0.3) is 5.91 Å². The van der Waals surface area contributed by atoms with Gasteiger partial charge < -0.3 is 10.2 Å². The zero-order valence-corrected chi connectivity index (χ0v) is 19.6. The van der Waals surface area contributed by atoms with Gasteiger partial charge in [0, 0.05) is 47.2 Å². The summed E-state index contributed by atoms with van der Waals surface area (Å²) in [5, 5.41) is 4.72. The molecule has 1 saturated heterocycles. The van der Waals surface area contributed by atoms with E-state index < -0.39 is 15.7 Å². The highest BCUT2D eigenvalue weighted by Crippen LogP contribution is 2.29. The van der Waals surface area contributed by atoms with Crippen LogP contribution in [0.15, 0.2) is 52.9 Å². The number of nitrogens with one attached hydrogen (secondary N) is 1. The van der Waals surface area contributed by atoms with Crippen LogP contribution in [0.3, 0.4) is 0 Å².